The molecule has 0 aliphatic rings. The molecule has 0 heterocycles. The molecular weight excluding hydrogens is 255 g/mol. The third-order valence-electron chi connectivity index (χ3n) is 2.38. The lowest BCUT2D eigenvalue weighted by atomic mass is 10.0. The van der Waals surface area contributed by atoms with Crippen LogP contribution in [0, 0.1) is 6.92 Å². The van der Waals surface area contributed by atoms with Gasteiger partial charge in [0.05, 0.1) is 5.02 Å². The Kier molecular flexibility index (Phi) is 3.51. The van der Waals surface area contributed by atoms with E-state index in [1.807, 2.05) is 0 Å². The average molecular weight is 264 g/mol. The van der Waals surface area contributed by atoms with Crippen molar-refractivity contribution >= 4 is 29.0 Å². The van der Waals surface area contributed by atoms with Crippen molar-refractivity contribution in [2.75, 3.05) is 0 Å². The van der Waals surface area contributed by atoms with E-state index in [-0.39, 0.29) is 5.78 Å². The van der Waals surface area contributed by atoms with Crippen molar-refractivity contribution in [3.8, 4) is 0 Å². The summed E-state index contributed by atoms with van der Waals surface area (Å²) in [4.78, 5) is 12.2. The standard InChI is InChI=1S/C14H9Cl2O/c1-9-2-7-13(16)12(8-9)14(17)10-3-5-11(15)6-4-10/h2-8H,1H2. The number of halogens is 2. The molecule has 2 rings (SSSR count). The van der Waals surface area contributed by atoms with Gasteiger partial charge in [-0.25, -0.2) is 0 Å². The summed E-state index contributed by atoms with van der Waals surface area (Å²) >= 11 is 11.8. The van der Waals surface area contributed by atoms with Crippen LogP contribution in [-0.4, -0.2) is 5.78 Å². The molecule has 0 amide bonds. The fraction of sp³-hybridized carbons (Fsp3) is 0. The largest absolute Gasteiger partial charge is 0.289 e. The fourth-order valence-electron chi connectivity index (χ4n) is 1.50. The monoisotopic (exact) mass is 263 g/mol. The number of carbonyl (C=O) groups is 1. The highest BCUT2D eigenvalue weighted by molar-refractivity contribution is 6.35. The molecule has 0 N–H and O–H groups in total. The number of hydrogen-bond acceptors (Lipinski definition) is 1. The lowest BCUT2D eigenvalue weighted by molar-refractivity contribution is 0.103. The molecule has 0 fully saturated rings. The van der Waals surface area contributed by atoms with Crippen LogP contribution in [0.3, 0.4) is 0 Å². The molecule has 2 aromatic rings. The van der Waals surface area contributed by atoms with Crippen LogP contribution in [0.5, 0.6) is 0 Å². The predicted molar refractivity (Wildman–Crippen MR) is 70.8 cm³/mol. The maximum atomic E-state index is 12.2. The van der Waals surface area contributed by atoms with Crippen molar-refractivity contribution in [2.24, 2.45) is 0 Å². The Morgan fingerprint density at radius 1 is 1.00 bits per heavy atom. The zero-order valence-electron chi connectivity index (χ0n) is 8.91. The summed E-state index contributed by atoms with van der Waals surface area (Å²) in [6.07, 6.45) is 0. The molecule has 0 unspecified atom stereocenters. The van der Waals surface area contributed by atoms with Crippen LogP contribution >= 0.6 is 23.2 Å². The van der Waals surface area contributed by atoms with Crippen molar-refractivity contribution in [2.45, 2.75) is 0 Å². The summed E-state index contributed by atoms with van der Waals surface area (Å²) in [7, 11) is 0. The van der Waals surface area contributed by atoms with Gasteiger partial charge < -0.3 is 0 Å². The van der Waals surface area contributed by atoms with Crippen LogP contribution in [0.25, 0.3) is 0 Å². The summed E-state index contributed by atoms with van der Waals surface area (Å²) in [6, 6.07) is 11.8. The van der Waals surface area contributed by atoms with E-state index < -0.39 is 0 Å². The molecule has 1 radical (unpaired) electrons. The van der Waals surface area contributed by atoms with Crippen molar-refractivity contribution in [1.29, 1.82) is 0 Å². The minimum Gasteiger partial charge on any atom is -0.289 e. The number of rotatable bonds is 2. The summed E-state index contributed by atoms with van der Waals surface area (Å²) < 4.78 is 0. The maximum absolute atomic E-state index is 12.2. The zero-order chi connectivity index (χ0) is 12.4. The molecule has 2 aromatic carbocycles. The van der Waals surface area contributed by atoms with Crippen LogP contribution in [0.1, 0.15) is 21.5 Å². The molecule has 3 heteroatoms. The molecule has 0 bridgehead atoms. The van der Waals surface area contributed by atoms with Crippen molar-refractivity contribution in [3.63, 3.8) is 0 Å². The normalized spacial score (nSPS) is 10.3. The first kappa shape index (κ1) is 12.2. The molecule has 0 saturated carbocycles. The molecular formula is C14H9Cl2O. The number of hydrogen-bond donors (Lipinski definition) is 0. The Labute approximate surface area is 110 Å². The third kappa shape index (κ3) is 2.68. The second-order valence-corrected chi connectivity index (χ2v) is 4.49. The van der Waals surface area contributed by atoms with E-state index >= 15 is 0 Å². The molecule has 0 aromatic heterocycles. The van der Waals surface area contributed by atoms with Crippen molar-refractivity contribution in [3.05, 3.63) is 76.1 Å². The Bertz CT molecular complexity index is 559. The third-order valence-corrected chi connectivity index (χ3v) is 2.96. The average Bonchev–Trinajstić information content (AvgIpc) is 2.32. The van der Waals surface area contributed by atoms with Crippen LogP contribution in [0.2, 0.25) is 10.0 Å². The van der Waals surface area contributed by atoms with Crippen molar-refractivity contribution < 1.29 is 4.79 Å². The number of ketones is 1. The molecule has 17 heavy (non-hydrogen) atoms. The summed E-state index contributed by atoms with van der Waals surface area (Å²) in [6.45, 7) is 3.78. The summed E-state index contributed by atoms with van der Waals surface area (Å²) in [5.74, 6) is -0.128. The fourth-order valence-corrected chi connectivity index (χ4v) is 1.83. The first-order valence-electron chi connectivity index (χ1n) is 5.00. The van der Waals surface area contributed by atoms with E-state index in [1.54, 1.807) is 42.5 Å². The van der Waals surface area contributed by atoms with E-state index in [9.17, 15) is 4.79 Å². The van der Waals surface area contributed by atoms with Gasteiger partial charge in [0.15, 0.2) is 5.78 Å². The topological polar surface area (TPSA) is 17.1 Å². The zero-order valence-corrected chi connectivity index (χ0v) is 10.4. The summed E-state index contributed by atoms with van der Waals surface area (Å²) in [5.41, 5.74) is 1.77. The highest BCUT2D eigenvalue weighted by Gasteiger charge is 2.12. The highest BCUT2D eigenvalue weighted by atomic mass is 35.5. The second kappa shape index (κ2) is 4.91. The van der Waals surface area contributed by atoms with Gasteiger partial charge in [0.25, 0.3) is 0 Å². The van der Waals surface area contributed by atoms with Gasteiger partial charge in [-0.15, -0.1) is 0 Å². The van der Waals surface area contributed by atoms with Gasteiger partial charge in [-0.1, -0.05) is 29.3 Å². The van der Waals surface area contributed by atoms with Gasteiger partial charge in [-0.3, -0.25) is 4.79 Å². The van der Waals surface area contributed by atoms with Gasteiger partial charge in [-0.2, -0.15) is 0 Å². The van der Waals surface area contributed by atoms with Crippen LogP contribution in [0.4, 0.5) is 0 Å². The number of benzene rings is 2. The van der Waals surface area contributed by atoms with Crippen molar-refractivity contribution in [1.82, 2.24) is 0 Å². The molecule has 85 valence electrons. The lowest BCUT2D eigenvalue weighted by Gasteiger charge is -2.05. The van der Waals surface area contributed by atoms with E-state index in [0.29, 0.717) is 21.2 Å². The quantitative estimate of drug-likeness (QED) is 0.734. The molecule has 0 aliphatic heterocycles. The van der Waals surface area contributed by atoms with E-state index in [4.69, 9.17) is 23.2 Å². The molecule has 0 atom stereocenters. The molecule has 0 saturated heterocycles. The molecule has 0 aliphatic carbocycles. The van der Waals surface area contributed by atoms with Crippen LogP contribution in [-0.2, 0) is 0 Å². The van der Waals surface area contributed by atoms with Gasteiger partial charge in [0, 0.05) is 16.1 Å². The van der Waals surface area contributed by atoms with E-state index in [1.165, 1.54) is 0 Å². The minimum atomic E-state index is -0.128. The first-order chi connectivity index (χ1) is 8.08. The van der Waals surface area contributed by atoms with Gasteiger partial charge in [0.2, 0.25) is 0 Å². The molecule has 1 nitrogen and oxygen atoms in total. The maximum Gasteiger partial charge on any atom is 0.194 e. The SMILES string of the molecule is [CH2]c1ccc(Cl)c(C(=O)c2ccc(Cl)cc2)c1. The van der Waals surface area contributed by atoms with Gasteiger partial charge in [-0.05, 0) is 48.9 Å². The first-order valence-corrected chi connectivity index (χ1v) is 5.75. The Morgan fingerprint density at radius 3 is 2.29 bits per heavy atom. The highest BCUT2D eigenvalue weighted by Crippen LogP contribution is 2.21. The van der Waals surface area contributed by atoms with Gasteiger partial charge in [0.1, 0.15) is 0 Å². The Hall–Kier alpha value is -1.31. The van der Waals surface area contributed by atoms with E-state index in [0.717, 1.165) is 5.56 Å². The minimum absolute atomic E-state index is 0.128. The number of carbonyl (C=O) groups excluding carboxylic acids is 1. The van der Waals surface area contributed by atoms with Gasteiger partial charge >= 0.3 is 0 Å². The van der Waals surface area contributed by atoms with Crippen LogP contribution in [0.15, 0.2) is 42.5 Å². The smallest absolute Gasteiger partial charge is 0.194 e. The Morgan fingerprint density at radius 2 is 1.65 bits per heavy atom. The lowest BCUT2D eigenvalue weighted by Crippen LogP contribution is -2.02. The second-order valence-electron chi connectivity index (χ2n) is 3.65. The Balaban J connectivity index is 2.43. The predicted octanol–water partition coefficient (Wildman–Crippen LogP) is 4.41. The van der Waals surface area contributed by atoms with Crippen LogP contribution < -0.4 is 0 Å². The van der Waals surface area contributed by atoms with E-state index in [2.05, 4.69) is 6.92 Å². The summed E-state index contributed by atoms with van der Waals surface area (Å²) in [5, 5.41) is 1.02. The molecule has 0 spiro atoms.